The second-order valence-electron chi connectivity index (χ2n) is 10.3. The number of aliphatic hydroxyl groups excluding tert-OH is 1. The molecule has 0 aliphatic carbocycles. The van der Waals surface area contributed by atoms with Crippen molar-refractivity contribution in [3.05, 3.63) is 33.3 Å². The molecule has 0 aromatic carbocycles. The Balaban J connectivity index is 2.47. The molecule has 1 rings (SSSR count). The molecule has 0 aliphatic heterocycles. The van der Waals surface area contributed by atoms with Gasteiger partial charge >= 0.3 is 0 Å². The molecule has 0 aliphatic rings. The summed E-state index contributed by atoms with van der Waals surface area (Å²) in [5, 5.41) is 13.5. The summed E-state index contributed by atoms with van der Waals surface area (Å²) in [6.07, 6.45) is 8.89. The predicted molar refractivity (Wildman–Crippen MR) is 135 cm³/mol. The molecule has 0 fully saturated rings. The van der Waals surface area contributed by atoms with Gasteiger partial charge in [-0.15, -0.1) is 11.3 Å². The van der Waals surface area contributed by atoms with Gasteiger partial charge in [0.05, 0.1) is 16.8 Å². The Labute approximate surface area is 195 Å². The first-order chi connectivity index (χ1) is 14.4. The van der Waals surface area contributed by atoms with Crippen molar-refractivity contribution in [2.24, 2.45) is 29.1 Å². The van der Waals surface area contributed by atoms with Crippen molar-refractivity contribution in [2.75, 3.05) is 0 Å². The molecular formula is C27H45NO2S. The minimum Gasteiger partial charge on any atom is -0.388 e. The van der Waals surface area contributed by atoms with E-state index in [1.165, 1.54) is 12.0 Å². The van der Waals surface area contributed by atoms with E-state index in [2.05, 4.69) is 59.5 Å². The summed E-state index contributed by atoms with van der Waals surface area (Å²) in [6, 6.07) is 0. The number of nitrogens with zero attached hydrogens (tertiary/aromatic N) is 1. The molecule has 1 aromatic heterocycles. The lowest BCUT2D eigenvalue weighted by Crippen LogP contribution is -2.33. The van der Waals surface area contributed by atoms with E-state index < -0.39 is 6.10 Å². The van der Waals surface area contributed by atoms with Gasteiger partial charge in [-0.25, -0.2) is 4.98 Å². The fraction of sp³-hybridized carbons (Fsp3) is 0.704. The quantitative estimate of drug-likeness (QED) is 0.252. The largest absolute Gasteiger partial charge is 0.388 e. The highest BCUT2D eigenvalue weighted by Gasteiger charge is 2.33. The normalized spacial score (nSPS) is 18.4. The van der Waals surface area contributed by atoms with Crippen molar-refractivity contribution in [3.63, 3.8) is 0 Å². The summed E-state index contributed by atoms with van der Waals surface area (Å²) in [5.74, 6) is 2.10. The SMILES string of the molecule is C/C(=C/C[C@H](O)/C(C)=C/c1csc(C)n1)CCC[C@H](C)[C@H](C)[C@@H](C)[C@@H](C)C(C)(C)C=O. The molecular weight excluding hydrogens is 402 g/mol. The number of hydrogen-bond acceptors (Lipinski definition) is 4. The molecule has 5 atom stereocenters. The third-order valence-corrected chi connectivity index (χ3v) is 8.24. The van der Waals surface area contributed by atoms with Crippen LogP contribution in [0.15, 0.2) is 22.6 Å². The Morgan fingerprint density at radius 2 is 1.84 bits per heavy atom. The van der Waals surface area contributed by atoms with E-state index >= 15 is 0 Å². The summed E-state index contributed by atoms with van der Waals surface area (Å²) in [7, 11) is 0. The van der Waals surface area contributed by atoms with E-state index in [0.29, 0.717) is 30.1 Å². The molecule has 3 nitrogen and oxygen atoms in total. The zero-order valence-electron chi connectivity index (χ0n) is 21.2. The third kappa shape index (κ3) is 9.02. The minimum atomic E-state index is -0.459. The van der Waals surface area contributed by atoms with Gasteiger partial charge in [0, 0.05) is 10.8 Å². The average Bonchev–Trinajstić information content (AvgIpc) is 3.14. The van der Waals surface area contributed by atoms with Gasteiger partial charge in [-0.2, -0.15) is 0 Å². The maximum Gasteiger partial charge on any atom is 0.125 e. The standard InChI is InChI=1S/C27H45NO2S/c1-18(13-14-26(30)20(3)15-25-16-31-24(7)28-25)11-10-12-19(2)21(4)22(5)23(6)27(8,9)17-29/h13,15-17,19,21-23,26,30H,10-12,14H2,1-9H3/b18-13-,20-15+/t19-,21-,22+,23+,26-/m0/s1. The number of rotatable bonds is 13. The number of aldehydes is 1. The number of allylic oxidation sites excluding steroid dienone is 1. The number of thiazole rings is 1. The number of carbonyl (C=O) groups is 1. The number of aliphatic hydroxyl groups is 1. The molecule has 4 heteroatoms. The van der Waals surface area contributed by atoms with Gasteiger partial charge in [-0.1, -0.05) is 59.6 Å². The molecule has 0 amide bonds. The van der Waals surface area contributed by atoms with Crippen molar-refractivity contribution in [3.8, 4) is 0 Å². The second kappa shape index (κ2) is 12.7. The van der Waals surface area contributed by atoms with Crippen LogP contribution in [-0.4, -0.2) is 22.5 Å². The van der Waals surface area contributed by atoms with Crippen LogP contribution in [0.25, 0.3) is 6.08 Å². The minimum absolute atomic E-state index is 0.265. The van der Waals surface area contributed by atoms with E-state index in [4.69, 9.17) is 0 Å². The van der Waals surface area contributed by atoms with Crippen molar-refractivity contribution in [1.82, 2.24) is 4.98 Å². The van der Waals surface area contributed by atoms with Gasteiger partial charge in [0.2, 0.25) is 0 Å². The number of hydrogen-bond donors (Lipinski definition) is 1. The topological polar surface area (TPSA) is 50.2 Å². The van der Waals surface area contributed by atoms with E-state index in [1.807, 2.05) is 25.3 Å². The van der Waals surface area contributed by atoms with Crippen molar-refractivity contribution in [2.45, 2.75) is 94.1 Å². The fourth-order valence-corrected chi connectivity index (χ4v) is 4.67. The molecule has 176 valence electrons. The molecule has 0 spiro atoms. The van der Waals surface area contributed by atoms with Crippen LogP contribution in [0, 0.1) is 36.0 Å². The first-order valence-corrected chi connectivity index (χ1v) is 12.7. The van der Waals surface area contributed by atoms with E-state index in [1.54, 1.807) is 11.3 Å². The zero-order chi connectivity index (χ0) is 23.8. The van der Waals surface area contributed by atoms with Crippen LogP contribution in [0.1, 0.15) is 91.8 Å². The number of aryl methyl sites for hydroxylation is 1. The summed E-state index contributed by atoms with van der Waals surface area (Å²) >= 11 is 1.63. The Hall–Kier alpha value is -1.26. The van der Waals surface area contributed by atoms with Crippen LogP contribution in [0.5, 0.6) is 0 Å². The molecule has 0 bridgehead atoms. The van der Waals surface area contributed by atoms with Gasteiger partial charge < -0.3 is 9.90 Å². The Morgan fingerprint density at radius 3 is 2.39 bits per heavy atom. The van der Waals surface area contributed by atoms with Crippen LogP contribution >= 0.6 is 11.3 Å². The van der Waals surface area contributed by atoms with Crippen LogP contribution in [0.2, 0.25) is 0 Å². The van der Waals surface area contributed by atoms with Crippen molar-refractivity contribution < 1.29 is 9.90 Å². The number of carbonyl (C=O) groups excluding carboxylic acids is 1. The Kier molecular flexibility index (Phi) is 11.4. The van der Waals surface area contributed by atoms with Crippen LogP contribution in [-0.2, 0) is 4.79 Å². The van der Waals surface area contributed by atoms with Gasteiger partial charge in [0.25, 0.3) is 0 Å². The Bertz CT molecular complexity index is 746. The average molecular weight is 448 g/mol. The van der Waals surface area contributed by atoms with Gasteiger partial charge in [0.1, 0.15) is 6.29 Å². The maximum absolute atomic E-state index is 11.4. The van der Waals surface area contributed by atoms with Crippen molar-refractivity contribution in [1.29, 1.82) is 0 Å². The highest BCUT2D eigenvalue weighted by Crippen LogP contribution is 2.38. The molecule has 31 heavy (non-hydrogen) atoms. The Morgan fingerprint density at radius 1 is 1.19 bits per heavy atom. The lowest BCUT2D eigenvalue weighted by atomic mass is 9.67. The smallest absolute Gasteiger partial charge is 0.125 e. The molecule has 1 heterocycles. The van der Waals surface area contributed by atoms with E-state index in [9.17, 15) is 9.90 Å². The summed E-state index contributed by atoms with van der Waals surface area (Å²) < 4.78 is 0. The molecule has 1 aromatic rings. The summed E-state index contributed by atoms with van der Waals surface area (Å²) in [6.45, 7) is 19.4. The summed E-state index contributed by atoms with van der Waals surface area (Å²) in [5.41, 5.74) is 2.97. The van der Waals surface area contributed by atoms with Crippen LogP contribution in [0.4, 0.5) is 0 Å². The molecule has 0 unspecified atom stereocenters. The van der Waals surface area contributed by atoms with Crippen LogP contribution in [0.3, 0.4) is 0 Å². The zero-order valence-corrected chi connectivity index (χ0v) is 22.1. The highest BCUT2D eigenvalue weighted by atomic mass is 32.1. The van der Waals surface area contributed by atoms with Gasteiger partial charge in [-0.3, -0.25) is 0 Å². The fourth-order valence-electron chi connectivity index (χ4n) is 4.10. The summed E-state index contributed by atoms with van der Waals surface area (Å²) in [4.78, 5) is 15.9. The third-order valence-electron chi connectivity index (χ3n) is 7.45. The number of aromatic nitrogens is 1. The lowest BCUT2D eigenvalue weighted by Gasteiger charge is -2.37. The van der Waals surface area contributed by atoms with E-state index in [0.717, 1.165) is 35.4 Å². The van der Waals surface area contributed by atoms with Gasteiger partial charge in [0.15, 0.2) is 0 Å². The first-order valence-electron chi connectivity index (χ1n) is 11.8. The highest BCUT2D eigenvalue weighted by molar-refractivity contribution is 7.09. The monoisotopic (exact) mass is 447 g/mol. The second-order valence-corrected chi connectivity index (χ2v) is 11.4. The molecule has 1 N–H and O–H groups in total. The molecule has 0 radical (unpaired) electrons. The van der Waals surface area contributed by atoms with Gasteiger partial charge in [-0.05, 0) is 75.4 Å². The predicted octanol–water partition coefficient (Wildman–Crippen LogP) is 7.49. The molecule has 0 saturated carbocycles. The van der Waals surface area contributed by atoms with E-state index in [-0.39, 0.29) is 5.41 Å². The van der Waals surface area contributed by atoms with Crippen LogP contribution < -0.4 is 0 Å². The maximum atomic E-state index is 11.4. The first kappa shape index (κ1) is 27.8. The van der Waals surface area contributed by atoms with Crippen molar-refractivity contribution >= 4 is 23.7 Å². The molecule has 0 saturated heterocycles. The lowest BCUT2D eigenvalue weighted by molar-refractivity contribution is -0.118.